The molecule has 3 rings (SSSR count). The monoisotopic (exact) mass is 500 g/mol. The minimum atomic E-state index is -0.961. The Morgan fingerprint density at radius 2 is 1.83 bits per heavy atom. The third-order valence-electron chi connectivity index (χ3n) is 6.29. The molecule has 8 nitrogen and oxygen atoms in total. The molecule has 0 bridgehead atoms. The number of likely N-dealkylation sites (tertiary alicyclic amines) is 1. The Morgan fingerprint density at radius 3 is 2.37 bits per heavy atom. The molecule has 3 atom stereocenters. The highest BCUT2D eigenvalue weighted by atomic mass is 32.1. The van der Waals surface area contributed by atoms with Gasteiger partial charge < -0.3 is 20.6 Å². The lowest BCUT2D eigenvalue weighted by Crippen LogP contribution is -2.55. The first-order chi connectivity index (χ1) is 16.4. The summed E-state index contributed by atoms with van der Waals surface area (Å²) >= 11 is 1.59. The number of rotatable bonds is 7. The highest BCUT2D eigenvalue weighted by Gasteiger charge is 2.43. The van der Waals surface area contributed by atoms with Crippen LogP contribution in [0.15, 0.2) is 29.8 Å². The molecule has 0 radical (unpaired) electrons. The van der Waals surface area contributed by atoms with Gasteiger partial charge in [-0.3, -0.25) is 14.4 Å². The molecule has 0 spiro atoms. The van der Waals surface area contributed by atoms with Gasteiger partial charge in [0.05, 0.1) is 28.1 Å². The van der Waals surface area contributed by atoms with Crippen molar-refractivity contribution < 1.29 is 19.5 Å². The molecule has 2 heterocycles. The third kappa shape index (κ3) is 6.46. The van der Waals surface area contributed by atoms with E-state index in [1.165, 1.54) is 4.90 Å². The van der Waals surface area contributed by atoms with Crippen LogP contribution in [0, 0.1) is 24.2 Å². The van der Waals surface area contributed by atoms with Crippen LogP contribution in [0.25, 0.3) is 10.4 Å². The maximum atomic E-state index is 13.3. The Kier molecular flexibility index (Phi) is 8.33. The molecule has 0 aliphatic carbocycles. The van der Waals surface area contributed by atoms with Crippen LogP contribution in [-0.2, 0) is 20.9 Å². The number of aliphatic hydroxyl groups is 1. The van der Waals surface area contributed by atoms with Gasteiger partial charge in [0, 0.05) is 25.6 Å². The molecule has 2 aromatic rings. The van der Waals surface area contributed by atoms with Crippen molar-refractivity contribution in [2.45, 2.75) is 60.2 Å². The number of hydrogen-bond acceptors (Lipinski definition) is 6. The molecule has 1 saturated heterocycles. The van der Waals surface area contributed by atoms with E-state index in [1.807, 2.05) is 57.5 Å². The number of hydrogen-bond donors (Lipinski definition) is 3. The topological polar surface area (TPSA) is 112 Å². The summed E-state index contributed by atoms with van der Waals surface area (Å²) < 4.78 is 0. The summed E-state index contributed by atoms with van der Waals surface area (Å²) in [5.41, 5.74) is 4.31. The van der Waals surface area contributed by atoms with Gasteiger partial charge in [-0.05, 0) is 23.5 Å². The molecule has 9 heteroatoms. The summed E-state index contributed by atoms with van der Waals surface area (Å²) in [5.74, 6) is -1.76. The standard InChI is InChI=1S/C26H36N4O4S/c1-15(2)23(32)29-22(26(4,5)6)25(34)30-12-19(20(31)13-30)24(33)27-11-17-7-9-18(10-8-17)21-16(3)28-14-35-21/h7-10,14-15,19-20,22,31H,11-13H2,1-6H3,(H,27,33)(H,29,32)/t19-,20-,22+/m1/s1. The van der Waals surface area contributed by atoms with Crippen molar-refractivity contribution in [3.8, 4) is 10.4 Å². The van der Waals surface area contributed by atoms with Crippen molar-refractivity contribution in [3.05, 3.63) is 41.0 Å². The number of carbonyl (C=O) groups is 3. The fourth-order valence-electron chi connectivity index (χ4n) is 4.04. The number of thiazole rings is 1. The van der Waals surface area contributed by atoms with E-state index in [-0.39, 0.29) is 36.7 Å². The van der Waals surface area contributed by atoms with Crippen LogP contribution >= 0.6 is 11.3 Å². The predicted octanol–water partition coefficient (Wildman–Crippen LogP) is 2.74. The minimum absolute atomic E-state index is 0.0595. The SMILES string of the molecule is Cc1ncsc1-c1ccc(CNC(=O)[C@@H]2CN(C(=O)[C@H](NC(=O)C(C)C)C(C)(C)C)C[C@H]2O)cc1. The maximum absolute atomic E-state index is 13.3. The first kappa shape index (κ1) is 26.8. The molecule has 190 valence electrons. The van der Waals surface area contributed by atoms with Crippen molar-refractivity contribution in [1.29, 1.82) is 0 Å². The number of nitrogens with zero attached hydrogens (tertiary/aromatic N) is 2. The maximum Gasteiger partial charge on any atom is 0.245 e. The lowest BCUT2D eigenvalue weighted by molar-refractivity contribution is -0.139. The van der Waals surface area contributed by atoms with E-state index in [0.29, 0.717) is 6.54 Å². The Hall–Kier alpha value is -2.78. The van der Waals surface area contributed by atoms with E-state index in [9.17, 15) is 19.5 Å². The fourth-order valence-corrected chi connectivity index (χ4v) is 4.85. The zero-order valence-corrected chi connectivity index (χ0v) is 22.1. The fraction of sp³-hybridized carbons (Fsp3) is 0.538. The van der Waals surface area contributed by atoms with Crippen LogP contribution in [0.4, 0.5) is 0 Å². The van der Waals surface area contributed by atoms with Gasteiger partial charge in [-0.2, -0.15) is 0 Å². The molecule has 1 aromatic heterocycles. The predicted molar refractivity (Wildman–Crippen MR) is 136 cm³/mol. The van der Waals surface area contributed by atoms with Gasteiger partial charge in [0.1, 0.15) is 6.04 Å². The van der Waals surface area contributed by atoms with E-state index in [2.05, 4.69) is 15.6 Å². The Bertz CT molecular complexity index is 1060. The van der Waals surface area contributed by atoms with Gasteiger partial charge >= 0.3 is 0 Å². The van der Waals surface area contributed by atoms with Crippen molar-refractivity contribution >= 4 is 29.1 Å². The molecule has 0 unspecified atom stereocenters. The third-order valence-corrected chi connectivity index (χ3v) is 7.27. The Labute approximate surface area is 211 Å². The average molecular weight is 501 g/mol. The second-order valence-electron chi connectivity index (χ2n) is 10.6. The van der Waals surface area contributed by atoms with Crippen molar-refractivity contribution in [3.63, 3.8) is 0 Å². The molecular formula is C26H36N4O4S. The molecule has 3 N–H and O–H groups in total. The molecular weight excluding hydrogens is 464 g/mol. The van der Waals surface area contributed by atoms with E-state index >= 15 is 0 Å². The average Bonchev–Trinajstić information content (AvgIpc) is 3.40. The Balaban J connectivity index is 1.60. The van der Waals surface area contributed by atoms with Crippen LogP contribution < -0.4 is 10.6 Å². The zero-order valence-electron chi connectivity index (χ0n) is 21.3. The van der Waals surface area contributed by atoms with Crippen molar-refractivity contribution in [2.75, 3.05) is 13.1 Å². The number of aryl methyl sites for hydroxylation is 1. The number of aromatic nitrogens is 1. The molecule has 1 aliphatic heterocycles. The second kappa shape index (κ2) is 10.9. The van der Waals surface area contributed by atoms with Gasteiger partial charge in [-0.1, -0.05) is 58.9 Å². The quantitative estimate of drug-likeness (QED) is 0.541. The smallest absolute Gasteiger partial charge is 0.245 e. The van der Waals surface area contributed by atoms with E-state index in [1.54, 1.807) is 25.2 Å². The highest BCUT2D eigenvalue weighted by molar-refractivity contribution is 7.13. The van der Waals surface area contributed by atoms with E-state index in [4.69, 9.17) is 0 Å². The highest BCUT2D eigenvalue weighted by Crippen LogP contribution is 2.28. The van der Waals surface area contributed by atoms with Crippen LogP contribution in [0.3, 0.4) is 0 Å². The van der Waals surface area contributed by atoms with Gasteiger partial charge in [-0.25, -0.2) is 4.98 Å². The first-order valence-electron chi connectivity index (χ1n) is 11.9. The number of β-amino-alcohol motifs (C(OH)–C–C–N with tert-alkyl or cyclic N) is 1. The largest absolute Gasteiger partial charge is 0.390 e. The summed E-state index contributed by atoms with van der Waals surface area (Å²) in [6.07, 6.45) is -0.961. The van der Waals surface area contributed by atoms with Gasteiger partial charge in [0.15, 0.2) is 0 Å². The van der Waals surface area contributed by atoms with Gasteiger partial charge in [-0.15, -0.1) is 11.3 Å². The minimum Gasteiger partial charge on any atom is -0.390 e. The molecule has 0 saturated carbocycles. The lowest BCUT2D eigenvalue weighted by Gasteiger charge is -2.34. The van der Waals surface area contributed by atoms with Gasteiger partial charge in [0.25, 0.3) is 0 Å². The van der Waals surface area contributed by atoms with Crippen LogP contribution in [-0.4, -0.2) is 57.9 Å². The van der Waals surface area contributed by atoms with E-state index < -0.39 is 23.5 Å². The second-order valence-corrected chi connectivity index (χ2v) is 11.4. The summed E-state index contributed by atoms with van der Waals surface area (Å²) in [7, 11) is 0. The number of carbonyl (C=O) groups excluding carboxylic acids is 3. The normalized spacial score (nSPS) is 19.0. The molecule has 35 heavy (non-hydrogen) atoms. The number of benzene rings is 1. The van der Waals surface area contributed by atoms with E-state index in [0.717, 1.165) is 21.7 Å². The van der Waals surface area contributed by atoms with Gasteiger partial charge in [0.2, 0.25) is 17.7 Å². The summed E-state index contributed by atoms with van der Waals surface area (Å²) in [5, 5.41) is 16.3. The molecule has 3 amide bonds. The zero-order chi connectivity index (χ0) is 25.9. The van der Waals surface area contributed by atoms with Crippen molar-refractivity contribution in [1.82, 2.24) is 20.5 Å². The molecule has 1 fully saturated rings. The van der Waals surface area contributed by atoms with Crippen molar-refractivity contribution in [2.24, 2.45) is 17.3 Å². The number of aliphatic hydroxyl groups excluding tert-OH is 1. The van der Waals surface area contributed by atoms with Crippen LogP contribution in [0.2, 0.25) is 0 Å². The molecule has 1 aliphatic rings. The summed E-state index contributed by atoms with van der Waals surface area (Å²) in [6.45, 7) is 11.7. The lowest BCUT2D eigenvalue weighted by atomic mass is 9.85. The molecule has 1 aromatic carbocycles. The number of nitrogens with one attached hydrogen (secondary N) is 2. The first-order valence-corrected chi connectivity index (χ1v) is 12.8. The summed E-state index contributed by atoms with van der Waals surface area (Å²) in [4.78, 5) is 45.3. The van der Waals surface area contributed by atoms with Crippen LogP contribution in [0.1, 0.15) is 45.9 Å². The summed E-state index contributed by atoms with van der Waals surface area (Å²) in [6, 6.07) is 7.18. The number of amides is 3. The van der Waals surface area contributed by atoms with Crippen LogP contribution in [0.5, 0.6) is 0 Å². The Morgan fingerprint density at radius 1 is 1.17 bits per heavy atom.